The highest BCUT2D eigenvalue weighted by molar-refractivity contribution is 7.10. The average Bonchev–Trinajstić information content (AvgIpc) is 3.24. The first kappa shape index (κ1) is 15.4. The summed E-state index contributed by atoms with van der Waals surface area (Å²) in [5.74, 6) is 0.454. The van der Waals surface area contributed by atoms with Crippen molar-refractivity contribution < 1.29 is 9.53 Å². The van der Waals surface area contributed by atoms with Gasteiger partial charge in [-0.15, -0.1) is 11.3 Å². The maximum absolute atomic E-state index is 11.8. The number of nitrogens with zero attached hydrogens (tertiary/aromatic N) is 4. The standard InChI is InChI=1S/C16H16N4O2S/c1-2-22-16(21)12-10-23-15(19-12)13-4-3-7-20(13)14-6-5-11(8-17)9-18-14/h5-6,9-10,13H,2-4,7H2,1H3/t13-/m0/s1. The van der Waals surface area contributed by atoms with E-state index in [1.54, 1.807) is 24.6 Å². The van der Waals surface area contributed by atoms with Crippen LogP contribution in [-0.2, 0) is 4.74 Å². The molecule has 0 unspecified atom stereocenters. The van der Waals surface area contributed by atoms with Crippen molar-refractivity contribution >= 4 is 23.1 Å². The van der Waals surface area contributed by atoms with Crippen LogP contribution in [0.1, 0.15) is 46.9 Å². The minimum absolute atomic E-state index is 0.114. The van der Waals surface area contributed by atoms with Gasteiger partial charge in [-0.3, -0.25) is 0 Å². The molecule has 0 aliphatic carbocycles. The molecule has 0 N–H and O–H groups in total. The second kappa shape index (κ2) is 6.75. The van der Waals surface area contributed by atoms with Gasteiger partial charge >= 0.3 is 5.97 Å². The number of anilines is 1. The number of pyridine rings is 1. The van der Waals surface area contributed by atoms with Crippen LogP contribution in [0.5, 0.6) is 0 Å². The lowest BCUT2D eigenvalue weighted by Crippen LogP contribution is -2.23. The third-order valence-electron chi connectivity index (χ3n) is 3.72. The largest absolute Gasteiger partial charge is 0.461 e. The molecule has 23 heavy (non-hydrogen) atoms. The van der Waals surface area contributed by atoms with Crippen molar-refractivity contribution in [2.24, 2.45) is 0 Å². The molecule has 0 amide bonds. The van der Waals surface area contributed by atoms with Crippen LogP contribution in [0.4, 0.5) is 5.82 Å². The molecule has 7 heteroatoms. The molecule has 1 fully saturated rings. The fraction of sp³-hybridized carbons (Fsp3) is 0.375. The van der Waals surface area contributed by atoms with E-state index in [1.165, 1.54) is 11.3 Å². The topological polar surface area (TPSA) is 79.1 Å². The summed E-state index contributed by atoms with van der Waals surface area (Å²) < 4.78 is 4.99. The number of thiazole rings is 1. The zero-order chi connectivity index (χ0) is 16.2. The van der Waals surface area contributed by atoms with Gasteiger partial charge < -0.3 is 9.64 Å². The van der Waals surface area contributed by atoms with Crippen molar-refractivity contribution in [2.75, 3.05) is 18.1 Å². The van der Waals surface area contributed by atoms with Crippen LogP contribution in [0.15, 0.2) is 23.7 Å². The fourth-order valence-corrected chi connectivity index (χ4v) is 3.59. The molecule has 1 aliphatic rings. The van der Waals surface area contributed by atoms with Gasteiger partial charge in [0.25, 0.3) is 0 Å². The van der Waals surface area contributed by atoms with Gasteiger partial charge in [0.05, 0.1) is 18.2 Å². The van der Waals surface area contributed by atoms with Crippen LogP contribution in [0.25, 0.3) is 0 Å². The Morgan fingerprint density at radius 1 is 1.57 bits per heavy atom. The molecular formula is C16H16N4O2S. The van der Waals surface area contributed by atoms with Gasteiger partial charge in [0, 0.05) is 18.1 Å². The van der Waals surface area contributed by atoms with Crippen LogP contribution < -0.4 is 4.90 Å². The van der Waals surface area contributed by atoms with Crippen molar-refractivity contribution in [2.45, 2.75) is 25.8 Å². The Kier molecular flexibility index (Phi) is 4.53. The Balaban J connectivity index is 1.81. The highest BCUT2D eigenvalue weighted by Gasteiger charge is 2.30. The van der Waals surface area contributed by atoms with E-state index in [-0.39, 0.29) is 12.0 Å². The third-order valence-corrected chi connectivity index (χ3v) is 4.66. The van der Waals surface area contributed by atoms with Crippen molar-refractivity contribution in [3.8, 4) is 6.07 Å². The summed E-state index contributed by atoms with van der Waals surface area (Å²) in [7, 11) is 0. The number of hydrogen-bond acceptors (Lipinski definition) is 7. The van der Waals surface area contributed by atoms with Crippen molar-refractivity contribution in [3.05, 3.63) is 40.0 Å². The zero-order valence-corrected chi connectivity index (χ0v) is 13.5. The van der Waals surface area contributed by atoms with Crippen molar-refractivity contribution in [3.63, 3.8) is 0 Å². The van der Waals surface area contributed by atoms with Gasteiger partial charge in [-0.2, -0.15) is 5.26 Å². The van der Waals surface area contributed by atoms with Gasteiger partial charge in [0.15, 0.2) is 5.69 Å². The molecule has 0 spiro atoms. The number of ether oxygens (including phenoxy) is 1. The van der Waals surface area contributed by atoms with Gasteiger partial charge in [-0.1, -0.05) is 0 Å². The average molecular weight is 328 g/mol. The normalized spacial score (nSPS) is 17.0. The maximum atomic E-state index is 11.8. The molecule has 2 aromatic rings. The van der Waals surface area contributed by atoms with Crippen LogP contribution in [-0.4, -0.2) is 29.1 Å². The Bertz CT molecular complexity index is 735. The van der Waals surface area contributed by atoms with Crippen molar-refractivity contribution in [1.82, 2.24) is 9.97 Å². The highest BCUT2D eigenvalue weighted by atomic mass is 32.1. The molecule has 0 saturated carbocycles. The summed E-state index contributed by atoms with van der Waals surface area (Å²) >= 11 is 1.47. The summed E-state index contributed by atoms with van der Waals surface area (Å²) in [6.07, 6.45) is 3.59. The number of carbonyl (C=O) groups is 1. The number of esters is 1. The summed E-state index contributed by atoms with van der Waals surface area (Å²) in [6.45, 7) is 3.01. The number of carbonyl (C=O) groups excluding carboxylic acids is 1. The lowest BCUT2D eigenvalue weighted by molar-refractivity contribution is 0.0520. The van der Waals surface area contributed by atoms with Crippen molar-refractivity contribution in [1.29, 1.82) is 5.26 Å². The number of hydrogen-bond donors (Lipinski definition) is 0. The van der Waals surface area contributed by atoms with Gasteiger partial charge in [-0.25, -0.2) is 14.8 Å². The quantitative estimate of drug-likeness (QED) is 0.803. The lowest BCUT2D eigenvalue weighted by Gasteiger charge is -2.24. The smallest absolute Gasteiger partial charge is 0.357 e. The summed E-state index contributed by atoms with van der Waals surface area (Å²) in [4.78, 5) is 22.7. The third kappa shape index (κ3) is 3.17. The second-order valence-electron chi connectivity index (χ2n) is 5.16. The van der Waals surface area contributed by atoms with E-state index in [0.717, 1.165) is 30.2 Å². The zero-order valence-electron chi connectivity index (χ0n) is 12.7. The summed E-state index contributed by atoms with van der Waals surface area (Å²) in [6, 6.07) is 5.81. The first-order chi connectivity index (χ1) is 11.2. The molecule has 3 heterocycles. The minimum atomic E-state index is -0.379. The second-order valence-corrected chi connectivity index (χ2v) is 6.05. The Hall–Kier alpha value is -2.46. The summed E-state index contributed by atoms with van der Waals surface area (Å²) in [5.41, 5.74) is 0.912. The molecule has 0 radical (unpaired) electrons. The van der Waals surface area contributed by atoms with Crippen LogP contribution >= 0.6 is 11.3 Å². The number of aromatic nitrogens is 2. The number of rotatable bonds is 4. The summed E-state index contributed by atoms with van der Waals surface area (Å²) in [5, 5.41) is 11.5. The fourth-order valence-electron chi connectivity index (χ4n) is 2.66. The van der Waals surface area contributed by atoms with E-state index in [9.17, 15) is 4.79 Å². The maximum Gasteiger partial charge on any atom is 0.357 e. The van der Waals surface area contributed by atoms with E-state index in [0.29, 0.717) is 17.9 Å². The van der Waals surface area contributed by atoms with Crippen LogP contribution in [0, 0.1) is 11.3 Å². The van der Waals surface area contributed by atoms with Gasteiger partial charge in [-0.05, 0) is 31.9 Å². The molecule has 0 bridgehead atoms. The SMILES string of the molecule is CCOC(=O)c1csc([C@@H]2CCCN2c2ccc(C#N)cn2)n1. The van der Waals surface area contributed by atoms with E-state index >= 15 is 0 Å². The lowest BCUT2D eigenvalue weighted by atomic mass is 10.2. The molecule has 3 rings (SSSR count). The molecule has 118 valence electrons. The Labute approximate surface area is 138 Å². The first-order valence-corrected chi connectivity index (χ1v) is 8.36. The molecule has 2 aromatic heterocycles. The predicted octanol–water partition coefficient (Wildman–Crippen LogP) is 2.93. The molecule has 1 atom stereocenters. The van der Waals surface area contributed by atoms with E-state index in [2.05, 4.69) is 20.9 Å². The van der Waals surface area contributed by atoms with Gasteiger partial charge in [0.1, 0.15) is 16.9 Å². The molecule has 0 aromatic carbocycles. The van der Waals surface area contributed by atoms with Crippen LogP contribution in [0.2, 0.25) is 0 Å². The van der Waals surface area contributed by atoms with Crippen LogP contribution in [0.3, 0.4) is 0 Å². The van der Waals surface area contributed by atoms with E-state index in [4.69, 9.17) is 10.00 Å². The molecular weight excluding hydrogens is 312 g/mol. The van der Waals surface area contributed by atoms with E-state index < -0.39 is 0 Å². The molecule has 6 nitrogen and oxygen atoms in total. The Morgan fingerprint density at radius 2 is 2.43 bits per heavy atom. The monoisotopic (exact) mass is 328 g/mol. The van der Waals surface area contributed by atoms with E-state index in [1.807, 2.05) is 6.07 Å². The predicted molar refractivity (Wildman–Crippen MR) is 86.3 cm³/mol. The molecule has 1 saturated heterocycles. The number of nitriles is 1. The van der Waals surface area contributed by atoms with Gasteiger partial charge in [0.2, 0.25) is 0 Å². The minimum Gasteiger partial charge on any atom is -0.461 e. The molecule has 1 aliphatic heterocycles. The highest BCUT2D eigenvalue weighted by Crippen LogP contribution is 2.36. The Morgan fingerprint density at radius 3 is 3.13 bits per heavy atom. The first-order valence-electron chi connectivity index (χ1n) is 7.48.